The Morgan fingerprint density at radius 2 is 1.96 bits per heavy atom. The van der Waals surface area contributed by atoms with Gasteiger partial charge in [-0.15, -0.1) is 10.2 Å². The van der Waals surface area contributed by atoms with Crippen LogP contribution in [0.15, 0.2) is 52.9 Å². The minimum absolute atomic E-state index is 0.0921. The van der Waals surface area contributed by atoms with E-state index in [9.17, 15) is 4.79 Å². The van der Waals surface area contributed by atoms with Crippen LogP contribution in [0, 0.1) is 6.92 Å². The van der Waals surface area contributed by atoms with E-state index in [2.05, 4.69) is 20.6 Å². The van der Waals surface area contributed by atoms with Gasteiger partial charge < -0.3 is 9.73 Å². The summed E-state index contributed by atoms with van der Waals surface area (Å²) in [6, 6.07) is 15.7. The van der Waals surface area contributed by atoms with Crippen molar-refractivity contribution >= 4 is 22.4 Å². The van der Waals surface area contributed by atoms with Gasteiger partial charge in [0.25, 0.3) is 5.89 Å². The number of nitrogens with zero attached hydrogens (tertiary/aromatic N) is 4. The zero-order valence-corrected chi connectivity index (χ0v) is 15.8. The molecule has 1 N–H and O–H groups in total. The molecule has 1 amide bonds. The first-order valence-corrected chi connectivity index (χ1v) is 9.29. The predicted octanol–water partition coefficient (Wildman–Crippen LogP) is 3.99. The van der Waals surface area contributed by atoms with E-state index in [-0.39, 0.29) is 12.3 Å². The average molecular weight is 375 g/mol. The molecule has 7 nitrogen and oxygen atoms in total. The summed E-state index contributed by atoms with van der Waals surface area (Å²) in [5.41, 5.74) is 2.49. The van der Waals surface area contributed by atoms with Crippen LogP contribution in [0.5, 0.6) is 0 Å². The fraction of sp³-hybridized carbons (Fsp3) is 0.238. The molecule has 0 spiro atoms. The molecule has 0 bridgehead atoms. The van der Waals surface area contributed by atoms with Gasteiger partial charge in [0.2, 0.25) is 11.8 Å². The lowest BCUT2D eigenvalue weighted by Gasteiger charge is -2.08. The molecule has 0 saturated carbocycles. The summed E-state index contributed by atoms with van der Waals surface area (Å²) in [6.45, 7) is 4.64. The Hall–Kier alpha value is -3.48. The van der Waals surface area contributed by atoms with Gasteiger partial charge in [-0.2, -0.15) is 5.10 Å². The predicted molar refractivity (Wildman–Crippen MR) is 107 cm³/mol. The third-order valence-electron chi connectivity index (χ3n) is 4.52. The second-order valence-electron chi connectivity index (χ2n) is 6.56. The minimum atomic E-state index is -0.0921. The van der Waals surface area contributed by atoms with Crippen molar-refractivity contribution in [3.63, 3.8) is 0 Å². The first-order chi connectivity index (χ1) is 13.6. The molecule has 0 aliphatic carbocycles. The van der Waals surface area contributed by atoms with Crippen molar-refractivity contribution in [2.24, 2.45) is 0 Å². The largest absolute Gasteiger partial charge is 0.419 e. The van der Waals surface area contributed by atoms with E-state index >= 15 is 0 Å². The second kappa shape index (κ2) is 7.64. The maximum Gasteiger partial charge on any atom is 0.265 e. The summed E-state index contributed by atoms with van der Waals surface area (Å²) in [7, 11) is 0. The zero-order valence-electron chi connectivity index (χ0n) is 15.8. The summed E-state index contributed by atoms with van der Waals surface area (Å²) in [5.74, 6) is 0.766. The van der Waals surface area contributed by atoms with E-state index in [4.69, 9.17) is 4.42 Å². The van der Waals surface area contributed by atoms with Crippen LogP contribution < -0.4 is 5.32 Å². The Bertz CT molecular complexity index is 1120. The number of rotatable bonds is 6. The molecule has 2 heterocycles. The highest BCUT2D eigenvalue weighted by Crippen LogP contribution is 2.23. The molecule has 7 heteroatoms. The molecule has 0 aliphatic rings. The highest BCUT2D eigenvalue weighted by Gasteiger charge is 2.15. The van der Waals surface area contributed by atoms with Crippen molar-refractivity contribution in [2.75, 3.05) is 5.32 Å². The maximum absolute atomic E-state index is 12.4. The smallest absolute Gasteiger partial charge is 0.265 e. The summed E-state index contributed by atoms with van der Waals surface area (Å²) < 4.78 is 7.55. The van der Waals surface area contributed by atoms with Gasteiger partial charge in [-0.25, -0.2) is 0 Å². The Morgan fingerprint density at radius 1 is 1.14 bits per heavy atom. The highest BCUT2D eigenvalue weighted by molar-refractivity contribution is 6.02. The van der Waals surface area contributed by atoms with Crippen molar-refractivity contribution < 1.29 is 9.21 Å². The molecule has 0 radical (unpaired) electrons. The zero-order chi connectivity index (χ0) is 19.5. The molecule has 0 aliphatic heterocycles. The molecular weight excluding hydrogens is 354 g/mol. The summed E-state index contributed by atoms with van der Waals surface area (Å²) in [4.78, 5) is 12.4. The van der Waals surface area contributed by atoms with Crippen LogP contribution in [0.1, 0.15) is 24.9 Å². The van der Waals surface area contributed by atoms with Gasteiger partial charge in [0.15, 0.2) is 0 Å². The quantitative estimate of drug-likeness (QED) is 0.551. The highest BCUT2D eigenvalue weighted by atomic mass is 16.4. The van der Waals surface area contributed by atoms with Crippen LogP contribution in [-0.4, -0.2) is 25.9 Å². The number of aryl methyl sites for hydroxylation is 3. The maximum atomic E-state index is 12.4. The van der Waals surface area contributed by atoms with E-state index in [0.717, 1.165) is 27.8 Å². The van der Waals surface area contributed by atoms with Crippen LogP contribution in [-0.2, 0) is 17.8 Å². The van der Waals surface area contributed by atoms with Crippen molar-refractivity contribution in [1.29, 1.82) is 0 Å². The minimum Gasteiger partial charge on any atom is -0.419 e. The molecule has 28 heavy (non-hydrogen) atoms. The molecule has 4 rings (SSSR count). The van der Waals surface area contributed by atoms with Crippen molar-refractivity contribution in [3.8, 4) is 11.6 Å². The van der Waals surface area contributed by atoms with Crippen LogP contribution in [0.4, 0.5) is 5.69 Å². The fourth-order valence-corrected chi connectivity index (χ4v) is 3.18. The normalized spacial score (nSPS) is 11.1. The SMILES string of the molecule is CCn1nc(C)cc1-c1nnc(CCC(=O)Nc2cccc3ccccc23)o1. The van der Waals surface area contributed by atoms with Gasteiger partial charge in [0.1, 0.15) is 5.69 Å². The third kappa shape index (κ3) is 3.64. The van der Waals surface area contributed by atoms with E-state index in [1.165, 1.54) is 0 Å². The Kier molecular flexibility index (Phi) is 4.89. The molecule has 0 fully saturated rings. The Balaban J connectivity index is 1.42. The Labute approximate surface area is 162 Å². The van der Waals surface area contributed by atoms with Crippen molar-refractivity contribution in [1.82, 2.24) is 20.0 Å². The number of carbonyl (C=O) groups is 1. The molecule has 2 aromatic heterocycles. The third-order valence-corrected chi connectivity index (χ3v) is 4.52. The van der Waals surface area contributed by atoms with E-state index < -0.39 is 0 Å². The average Bonchev–Trinajstić information content (AvgIpc) is 3.32. The van der Waals surface area contributed by atoms with E-state index in [0.29, 0.717) is 24.7 Å². The van der Waals surface area contributed by atoms with Crippen LogP contribution in [0.3, 0.4) is 0 Å². The Morgan fingerprint density at radius 3 is 2.82 bits per heavy atom. The topological polar surface area (TPSA) is 85.8 Å². The molecule has 0 saturated heterocycles. The molecule has 2 aromatic carbocycles. The van der Waals surface area contributed by atoms with Crippen molar-refractivity contribution in [3.05, 3.63) is 60.1 Å². The molecule has 4 aromatic rings. The number of aromatic nitrogens is 4. The number of anilines is 1. The van der Waals surface area contributed by atoms with E-state index in [1.54, 1.807) is 0 Å². The first-order valence-electron chi connectivity index (χ1n) is 9.29. The van der Waals surface area contributed by atoms with Gasteiger partial charge >= 0.3 is 0 Å². The molecule has 0 atom stereocenters. The van der Waals surface area contributed by atoms with Crippen molar-refractivity contribution in [2.45, 2.75) is 33.2 Å². The number of hydrogen-bond acceptors (Lipinski definition) is 5. The number of amides is 1. The standard InChI is InChI=1S/C21H21N5O2/c1-3-26-18(13-14(2)25-26)21-24-23-20(28-21)12-11-19(27)22-17-10-6-8-15-7-4-5-9-16(15)17/h4-10,13H,3,11-12H2,1-2H3,(H,22,27). The number of nitrogens with one attached hydrogen (secondary N) is 1. The summed E-state index contributed by atoms with van der Waals surface area (Å²) in [6.07, 6.45) is 0.639. The van der Waals surface area contributed by atoms with Gasteiger partial charge in [0, 0.05) is 30.5 Å². The lowest BCUT2D eigenvalue weighted by Crippen LogP contribution is -2.12. The lowest BCUT2D eigenvalue weighted by atomic mass is 10.1. The number of fused-ring (bicyclic) bond motifs is 1. The van der Waals surface area contributed by atoms with E-state index in [1.807, 2.05) is 67.1 Å². The monoisotopic (exact) mass is 375 g/mol. The number of benzene rings is 2. The summed E-state index contributed by atoms with van der Waals surface area (Å²) >= 11 is 0. The van der Waals surface area contributed by atoms with Gasteiger partial charge in [-0.1, -0.05) is 36.4 Å². The summed E-state index contributed by atoms with van der Waals surface area (Å²) in [5, 5.41) is 17.6. The van der Waals surface area contributed by atoms with Gasteiger partial charge in [-0.05, 0) is 31.4 Å². The molecule has 0 unspecified atom stereocenters. The van der Waals surface area contributed by atoms with Crippen LogP contribution >= 0.6 is 0 Å². The van der Waals surface area contributed by atoms with Gasteiger partial charge in [0.05, 0.1) is 5.69 Å². The molecular formula is C21H21N5O2. The fourth-order valence-electron chi connectivity index (χ4n) is 3.18. The lowest BCUT2D eigenvalue weighted by molar-refractivity contribution is -0.116. The van der Waals surface area contributed by atoms with Crippen LogP contribution in [0.2, 0.25) is 0 Å². The number of carbonyl (C=O) groups excluding carboxylic acids is 1. The van der Waals surface area contributed by atoms with Gasteiger partial charge in [-0.3, -0.25) is 9.48 Å². The number of hydrogen-bond donors (Lipinski definition) is 1. The molecule has 142 valence electrons. The van der Waals surface area contributed by atoms with Crippen LogP contribution in [0.25, 0.3) is 22.4 Å². The first kappa shape index (κ1) is 17.9. The second-order valence-corrected chi connectivity index (χ2v) is 6.56.